The number of hydrogen-bond acceptors (Lipinski definition) is 15. The fraction of sp³-hybridized carbons (Fsp3) is 0.458. The molecule has 0 bridgehead atoms. The standard InChI is InChI=1S/C48H57N11O8/c1-5-58-39(25-35(56-58)30-11-12-30)54-45-43-33-23-27(2)32(41-28(3)57-67-29(41)4)24-36(33)51-44(43)52-38(53-45)26-49-15-7-17-64-19-21-66-22-20-65-18-8-16-50-34-10-6-9-31-42(34)48(63)59(47(31)62)37-13-14-40(60)55-46(37)61/h6,9-10,23-25,30,37,49-50H,5,7-8,11-22,26H2,1-4H3,(H,55,60,61)(H2,51,52,53,54). The van der Waals surface area contributed by atoms with Crippen molar-refractivity contribution in [2.45, 2.75) is 91.3 Å². The second-order valence-corrected chi connectivity index (χ2v) is 17.2. The second-order valence-electron chi connectivity index (χ2n) is 17.2. The zero-order chi connectivity index (χ0) is 46.6. The number of nitrogens with zero attached hydrogens (tertiary/aromatic N) is 6. The van der Waals surface area contributed by atoms with Crippen molar-refractivity contribution in [3.8, 4) is 11.1 Å². The summed E-state index contributed by atoms with van der Waals surface area (Å²) in [7, 11) is 0. The molecule has 1 saturated carbocycles. The number of aromatic nitrogens is 6. The van der Waals surface area contributed by atoms with Crippen molar-refractivity contribution in [3.05, 3.63) is 76.1 Å². The highest BCUT2D eigenvalue weighted by molar-refractivity contribution is 6.25. The van der Waals surface area contributed by atoms with Crippen molar-refractivity contribution in [2.75, 3.05) is 63.4 Å². The maximum Gasteiger partial charge on any atom is 0.264 e. The monoisotopic (exact) mass is 915 g/mol. The first-order valence-electron chi connectivity index (χ1n) is 23.2. The Kier molecular flexibility index (Phi) is 13.7. The first-order chi connectivity index (χ1) is 32.6. The van der Waals surface area contributed by atoms with Crippen molar-refractivity contribution in [1.29, 1.82) is 0 Å². The number of anilines is 3. The molecule has 67 heavy (non-hydrogen) atoms. The van der Waals surface area contributed by atoms with Crippen LogP contribution in [0.15, 0.2) is 40.9 Å². The van der Waals surface area contributed by atoms with Gasteiger partial charge in [0.1, 0.15) is 34.9 Å². The highest BCUT2D eigenvalue weighted by Gasteiger charge is 2.45. The quantitative estimate of drug-likeness (QED) is 0.0369. The number of H-pyrrole nitrogens is 1. The Morgan fingerprint density at radius 3 is 2.33 bits per heavy atom. The summed E-state index contributed by atoms with van der Waals surface area (Å²) >= 11 is 0. The van der Waals surface area contributed by atoms with Crippen molar-refractivity contribution < 1.29 is 37.9 Å². The molecule has 0 radical (unpaired) electrons. The van der Waals surface area contributed by atoms with E-state index in [-0.39, 0.29) is 24.0 Å². The molecule has 1 unspecified atom stereocenters. The van der Waals surface area contributed by atoms with Gasteiger partial charge in [0.2, 0.25) is 11.8 Å². The number of ether oxygens (including phenoxy) is 3. The Balaban J connectivity index is 0.693. The number of piperidine rings is 1. The molecule has 19 heteroatoms. The second kappa shape index (κ2) is 20.1. The van der Waals surface area contributed by atoms with E-state index in [9.17, 15) is 19.2 Å². The number of rotatable bonds is 23. The van der Waals surface area contributed by atoms with E-state index in [1.54, 1.807) is 18.2 Å². The molecule has 2 aromatic carbocycles. The molecular weight excluding hydrogens is 859 g/mol. The van der Waals surface area contributed by atoms with E-state index in [2.05, 4.69) is 63.5 Å². The number of benzene rings is 2. The Bertz CT molecular complexity index is 2810. The first-order valence-corrected chi connectivity index (χ1v) is 23.2. The number of amides is 4. The van der Waals surface area contributed by atoms with Gasteiger partial charge in [0.15, 0.2) is 0 Å². The van der Waals surface area contributed by atoms with Crippen LogP contribution >= 0.6 is 0 Å². The molecule has 1 saturated heterocycles. The lowest BCUT2D eigenvalue weighted by atomic mass is 9.97. The number of aryl methyl sites for hydroxylation is 4. The number of hydrogen-bond donors (Lipinski definition) is 5. The maximum atomic E-state index is 13.3. The van der Waals surface area contributed by atoms with Crippen LogP contribution in [-0.2, 0) is 36.9 Å². The van der Waals surface area contributed by atoms with Gasteiger partial charge in [0.25, 0.3) is 11.8 Å². The zero-order valence-electron chi connectivity index (χ0n) is 38.4. The third-order valence-electron chi connectivity index (χ3n) is 12.4. The lowest BCUT2D eigenvalue weighted by Crippen LogP contribution is -2.54. The van der Waals surface area contributed by atoms with Crippen molar-refractivity contribution >= 4 is 62.9 Å². The number of nitrogens with one attached hydrogen (secondary N) is 5. The summed E-state index contributed by atoms with van der Waals surface area (Å²) in [4.78, 5) is 65.0. The number of carbonyl (C=O) groups excluding carboxylic acids is 4. The van der Waals surface area contributed by atoms with Crippen LogP contribution in [0.4, 0.5) is 17.3 Å². The average Bonchev–Trinajstić information content (AvgIpc) is 3.77. The van der Waals surface area contributed by atoms with Gasteiger partial charge in [-0.2, -0.15) is 5.10 Å². The summed E-state index contributed by atoms with van der Waals surface area (Å²) in [6, 6.07) is 10.5. The third kappa shape index (κ3) is 9.81. The maximum absolute atomic E-state index is 13.3. The van der Waals surface area contributed by atoms with Crippen LogP contribution in [0.3, 0.4) is 0 Å². The SMILES string of the molecule is CCn1nc(C2CC2)cc1Nc1nc(CNCCCOCCOCCOCCCNc2cccc3c2C(=O)N(C2CCC(=O)NC2=O)C3=O)nc2[nH]c3cc(-c4c(C)noc4C)c(C)cc3c12. The first kappa shape index (κ1) is 45.6. The smallest absolute Gasteiger partial charge is 0.264 e. The number of carbonyl (C=O) groups is 4. The summed E-state index contributed by atoms with van der Waals surface area (Å²) in [5.41, 5.74) is 7.85. The van der Waals surface area contributed by atoms with E-state index >= 15 is 0 Å². The van der Waals surface area contributed by atoms with E-state index in [1.807, 2.05) is 18.5 Å². The molecular formula is C48H57N11O8. The van der Waals surface area contributed by atoms with Crippen LogP contribution in [0.5, 0.6) is 0 Å². The molecule has 9 rings (SSSR count). The molecule has 4 aromatic heterocycles. The van der Waals surface area contributed by atoms with Crippen LogP contribution in [-0.4, -0.2) is 117 Å². The number of aromatic amines is 1. The van der Waals surface area contributed by atoms with Crippen molar-refractivity contribution in [1.82, 2.24) is 45.4 Å². The fourth-order valence-corrected chi connectivity index (χ4v) is 8.88. The normalized spacial score (nSPS) is 16.2. The van der Waals surface area contributed by atoms with Gasteiger partial charge in [-0.05, 0) is 102 Å². The Morgan fingerprint density at radius 2 is 1.61 bits per heavy atom. The highest BCUT2D eigenvalue weighted by atomic mass is 16.5. The van der Waals surface area contributed by atoms with Gasteiger partial charge < -0.3 is 39.7 Å². The highest BCUT2D eigenvalue weighted by Crippen LogP contribution is 2.42. The summed E-state index contributed by atoms with van der Waals surface area (Å²) in [6.07, 6.45) is 3.98. The van der Waals surface area contributed by atoms with Gasteiger partial charge in [-0.25, -0.2) is 14.6 Å². The summed E-state index contributed by atoms with van der Waals surface area (Å²) in [5.74, 6) is 1.50. The van der Waals surface area contributed by atoms with E-state index in [0.717, 1.165) is 91.8 Å². The van der Waals surface area contributed by atoms with Crippen LogP contribution in [0.2, 0.25) is 0 Å². The molecule has 19 nitrogen and oxygen atoms in total. The van der Waals surface area contributed by atoms with Gasteiger partial charge in [-0.1, -0.05) is 11.2 Å². The predicted octanol–water partition coefficient (Wildman–Crippen LogP) is 5.96. The topological polar surface area (TPSA) is 233 Å². The van der Waals surface area contributed by atoms with Gasteiger partial charge in [0.05, 0.1) is 60.9 Å². The Morgan fingerprint density at radius 1 is 0.851 bits per heavy atom. The molecule has 0 spiro atoms. The van der Waals surface area contributed by atoms with Gasteiger partial charge >= 0.3 is 0 Å². The van der Waals surface area contributed by atoms with E-state index < -0.39 is 29.7 Å². The minimum Gasteiger partial charge on any atom is -0.384 e. The Labute approximate surface area is 387 Å². The van der Waals surface area contributed by atoms with Gasteiger partial charge in [-0.15, -0.1) is 0 Å². The molecule has 6 heterocycles. The minimum absolute atomic E-state index is 0.0697. The molecule has 2 aliphatic heterocycles. The minimum atomic E-state index is -1.01. The van der Waals surface area contributed by atoms with E-state index in [1.165, 1.54) is 12.8 Å². The number of fused-ring (bicyclic) bond motifs is 4. The molecule has 3 aliphatic rings. The van der Waals surface area contributed by atoms with Crippen LogP contribution < -0.4 is 21.3 Å². The molecule has 352 valence electrons. The lowest BCUT2D eigenvalue weighted by molar-refractivity contribution is -0.136. The zero-order valence-corrected chi connectivity index (χ0v) is 38.4. The van der Waals surface area contributed by atoms with Gasteiger partial charge in [-0.3, -0.25) is 29.4 Å². The average molecular weight is 916 g/mol. The summed E-state index contributed by atoms with van der Waals surface area (Å²) in [5, 5.41) is 23.6. The molecule has 4 amide bonds. The molecule has 6 aromatic rings. The number of imide groups is 2. The van der Waals surface area contributed by atoms with Crippen LogP contribution in [0.1, 0.15) is 101 Å². The van der Waals surface area contributed by atoms with E-state index in [0.29, 0.717) is 76.6 Å². The lowest BCUT2D eigenvalue weighted by Gasteiger charge is -2.27. The fourth-order valence-electron chi connectivity index (χ4n) is 8.88. The summed E-state index contributed by atoms with van der Waals surface area (Å²) in [6.45, 7) is 13.4. The Hall–Kier alpha value is -6.54. The van der Waals surface area contributed by atoms with Crippen LogP contribution in [0, 0.1) is 20.8 Å². The summed E-state index contributed by atoms with van der Waals surface area (Å²) < 4.78 is 24.7. The van der Waals surface area contributed by atoms with E-state index in [4.69, 9.17) is 33.8 Å². The molecule has 5 N–H and O–H groups in total. The third-order valence-corrected chi connectivity index (χ3v) is 12.4. The molecule has 1 atom stereocenters. The predicted molar refractivity (Wildman–Crippen MR) is 249 cm³/mol. The van der Waals surface area contributed by atoms with Gasteiger partial charge in [0, 0.05) is 66.9 Å². The van der Waals surface area contributed by atoms with Crippen molar-refractivity contribution in [2.24, 2.45) is 0 Å². The molecule has 1 aliphatic carbocycles. The van der Waals surface area contributed by atoms with Crippen LogP contribution in [0.25, 0.3) is 33.1 Å². The largest absolute Gasteiger partial charge is 0.384 e. The van der Waals surface area contributed by atoms with Crippen molar-refractivity contribution in [3.63, 3.8) is 0 Å². The molecule has 2 fully saturated rings.